The van der Waals surface area contributed by atoms with E-state index in [4.69, 9.17) is 10.5 Å². The van der Waals surface area contributed by atoms with E-state index in [1.807, 2.05) is 0 Å². The number of rotatable bonds is 2. The first-order valence-corrected chi connectivity index (χ1v) is 9.07. The van der Waals surface area contributed by atoms with E-state index in [1.54, 1.807) is 6.33 Å². The maximum absolute atomic E-state index is 6.54. The first kappa shape index (κ1) is 15.9. The van der Waals surface area contributed by atoms with Crippen LogP contribution in [0.1, 0.15) is 40.0 Å². The molecule has 0 spiro atoms. The first-order valence-electron chi connectivity index (χ1n) is 9.07. The molecule has 2 bridgehead atoms. The Morgan fingerprint density at radius 2 is 1.83 bits per heavy atom. The van der Waals surface area contributed by atoms with Crippen LogP contribution in [-0.2, 0) is 4.74 Å². The smallest absolute Gasteiger partial charge is 0.157 e. The molecule has 3 aliphatic rings. The van der Waals surface area contributed by atoms with Crippen LogP contribution in [0.5, 0.6) is 0 Å². The lowest BCUT2D eigenvalue weighted by Gasteiger charge is -2.39. The van der Waals surface area contributed by atoms with E-state index in [-0.39, 0.29) is 0 Å². The summed E-state index contributed by atoms with van der Waals surface area (Å²) in [5.41, 5.74) is 8.02. The number of nitrogens with two attached hydrogens (primary N) is 1. The van der Waals surface area contributed by atoms with E-state index in [1.165, 1.54) is 19.3 Å². The van der Waals surface area contributed by atoms with Crippen LogP contribution in [0.3, 0.4) is 0 Å². The molecule has 0 radical (unpaired) electrons. The molecule has 2 atom stereocenters. The number of anilines is 3. The SMILES string of the molecule is CC1(C)CC2CC(C)(CN2c2ncnc(N3CCOCC3)c2N)C1. The van der Waals surface area contributed by atoms with Gasteiger partial charge in [0.15, 0.2) is 11.6 Å². The van der Waals surface area contributed by atoms with Gasteiger partial charge in [-0.3, -0.25) is 0 Å². The number of fused-ring (bicyclic) bond motifs is 2. The molecule has 3 fully saturated rings. The van der Waals surface area contributed by atoms with Gasteiger partial charge in [0.1, 0.15) is 12.0 Å². The number of morpholine rings is 1. The van der Waals surface area contributed by atoms with Gasteiger partial charge in [-0.2, -0.15) is 0 Å². The zero-order chi connectivity index (χ0) is 16.9. The Morgan fingerprint density at radius 1 is 1.12 bits per heavy atom. The molecule has 2 unspecified atom stereocenters. The molecule has 24 heavy (non-hydrogen) atoms. The second kappa shape index (κ2) is 5.48. The third kappa shape index (κ3) is 2.70. The summed E-state index contributed by atoms with van der Waals surface area (Å²) >= 11 is 0. The average molecular weight is 331 g/mol. The largest absolute Gasteiger partial charge is 0.393 e. The summed E-state index contributed by atoms with van der Waals surface area (Å²) < 4.78 is 5.45. The average Bonchev–Trinajstić information content (AvgIpc) is 2.77. The van der Waals surface area contributed by atoms with Gasteiger partial charge in [0.25, 0.3) is 0 Å². The minimum atomic E-state index is 0.364. The lowest BCUT2D eigenvalue weighted by Crippen LogP contribution is -2.38. The third-order valence-corrected chi connectivity index (χ3v) is 5.84. The van der Waals surface area contributed by atoms with E-state index in [0.29, 0.717) is 16.9 Å². The van der Waals surface area contributed by atoms with Gasteiger partial charge >= 0.3 is 0 Å². The maximum atomic E-state index is 6.54. The number of nitrogen functional groups attached to an aromatic ring is 1. The van der Waals surface area contributed by atoms with E-state index in [9.17, 15) is 0 Å². The van der Waals surface area contributed by atoms with E-state index in [0.717, 1.165) is 50.2 Å². The van der Waals surface area contributed by atoms with Gasteiger partial charge < -0.3 is 20.3 Å². The van der Waals surface area contributed by atoms with E-state index < -0.39 is 0 Å². The quantitative estimate of drug-likeness (QED) is 0.897. The Bertz CT molecular complexity index is 628. The summed E-state index contributed by atoms with van der Waals surface area (Å²) in [6.07, 6.45) is 5.40. The van der Waals surface area contributed by atoms with E-state index >= 15 is 0 Å². The number of aromatic nitrogens is 2. The minimum Gasteiger partial charge on any atom is -0.393 e. The molecule has 1 aliphatic carbocycles. The van der Waals surface area contributed by atoms with Crippen molar-refractivity contribution < 1.29 is 4.74 Å². The van der Waals surface area contributed by atoms with Crippen molar-refractivity contribution in [2.45, 2.75) is 46.1 Å². The predicted molar refractivity (Wildman–Crippen MR) is 96.3 cm³/mol. The topological polar surface area (TPSA) is 67.5 Å². The lowest BCUT2D eigenvalue weighted by atomic mass is 9.65. The molecular formula is C18H29N5O. The number of hydrogen-bond acceptors (Lipinski definition) is 6. The number of hydrogen-bond donors (Lipinski definition) is 1. The van der Waals surface area contributed by atoms with Crippen LogP contribution in [0.25, 0.3) is 0 Å². The molecule has 6 heteroatoms. The standard InChI is InChI=1S/C18H29N5O/c1-17(2)8-13-9-18(3,10-17)11-23(13)16-14(19)15(20-12-21-16)22-4-6-24-7-5-22/h12-13H,4-11,19H2,1-3H3. The molecule has 4 rings (SSSR count). The van der Waals surface area contributed by atoms with Crippen LogP contribution in [0, 0.1) is 10.8 Å². The molecule has 132 valence electrons. The molecule has 1 aromatic heterocycles. The third-order valence-electron chi connectivity index (χ3n) is 5.84. The zero-order valence-electron chi connectivity index (χ0n) is 15.1. The summed E-state index contributed by atoms with van der Waals surface area (Å²) in [5, 5.41) is 0. The van der Waals surface area contributed by atoms with Crippen molar-refractivity contribution in [1.82, 2.24) is 9.97 Å². The molecule has 2 saturated heterocycles. The molecule has 2 N–H and O–H groups in total. The molecule has 1 saturated carbocycles. The Hall–Kier alpha value is -1.56. The van der Waals surface area contributed by atoms with Crippen molar-refractivity contribution in [2.75, 3.05) is 48.4 Å². The van der Waals surface area contributed by atoms with Crippen molar-refractivity contribution in [3.63, 3.8) is 0 Å². The van der Waals surface area contributed by atoms with E-state index in [2.05, 4.69) is 40.5 Å². The van der Waals surface area contributed by atoms with Gasteiger partial charge in [-0.15, -0.1) is 0 Å². The first-order chi connectivity index (χ1) is 11.4. The lowest BCUT2D eigenvalue weighted by molar-refractivity contribution is 0.122. The summed E-state index contributed by atoms with van der Waals surface area (Å²) in [5.74, 6) is 1.80. The molecule has 3 heterocycles. The molecule has 2 aliphatic heterocycles. The Balaban J connectivity index is 1.65. The molecule has 0 amide bonds. The van der Waals surface area contributed by atoms with Crippen LogP contribution in [-0.4, -0.2) is 48.9 Å². The fourth-order valence-electron chi connectivity index (χ4n) is 5.34. The van der Waals surface area contributed by atoms with Crippen LogP contribution in [0.2, 0.25) is 0 Å². The second-order valence-electron chi connectivity index (χ2n) is 8.88. The predicted octanol–water partition coefficient (Wildman–Crippen LogP) is 2.30. The number of ether oxygens (including phenoxy) is 1. The fourth-order valence-corrected chi connectivity index (χ4v) is 5.34. The van der Waals surface area contributed by atoms with Crippen LogP contribution < -0.4 is 15.5 Å². The van der Waals surface area contributed by atoms with Gasteiger partial charge in [-0.1, -0.05) is 20.8 Å². The summed E-state index contributed by atoms with van der Waals surface area (Å²) in [6, 6.07) is 0.536. The van der Waals surface area contributed by atoms with Crippen molar-refractivity contribution in [1.29, 1.82) is 0 Å². The molecular weight excluding hydrogens is 302 g/mol. The Labute approximate surface area is 144 Å². The highest BCUT2D eigenvalue weighted by Crippen LogP contribution is 2.54. The van der Waals surface area contributed by atoms with Crippen LogP contribution in [0.15, 0.2) is 6.33 Å². The summed E-state index contributed by atoms with van der Waals surface area (Å²) in [6.45, 7) is 11.4. The van der Waals surface area contributed by atoms with Gasteiger partial charge in [-0.05, 0) is 30.1 Å². The number of nitrogens with zero attached hydrogens (tertiary/aromatic N) is 4. The summed E-state index contributed by atoms with van der Waals surface area (Å²) in [7, 11) is 0. The van der Waals surface area contributed by atoms with Crippen molar-refractivity contribution in [2.24, 2.45) is 10.8 Å². The van der Waals surface area contributed by atoms with Crippen molar-refractivity contribution in [3.8, 4) is 0 Å². The summed E-state index contributed by atoms with van der Waals surface area (Å²) in [4.78, 5) is 13.7. The Kier molecular flexibility index (Phi) is 3.64. The highest BCUT2D eigenvalue weighted by atomic mass is 16.5. The molecule has 6 nitrogen and oxygen atoms in total. The van der Waals surface area contributed by atoms with Gasteiger partial charge in [0.2, 0.25) is 0 Å². The second-order valence-corrected chi connectivity index (χ2v) is 8.88. The Morgan fingerprint density at radius 3 is 2.58 bits per heavy atom. The monoisotopic (exact) mass is 331 g/mol. The van der Waals surface area contributed by atoms with Gasteiger partial charge in [0.05, 0.1) is 13.2 Å². The highest BCUT2D eigenvalue weighted by molar-refractivity contribution is 5.76. The molecule has 0 aromatic carbocycles. The fraction of sp³-hybridized carbons (Fsp3) is 0.778. The highest BCUT2D eigenvalue weighted by Gasteiger charge is 2.50. The normalized spacial score (nSPS) is 32.2. The zero-order valence-corrected chi connectivity index (χ0v) is 15.1. The van der Waals surface area contributed by atoms with Crippen molar-refractivity contribution in [3.05, 3.63) is 6.33 Å². The molecule has 1 aromatic rings. The minimum absolute atomic E-state index is 0.364. The van der Waals surface area contributed by atoms with Crippen LogP contribution in [0.4, 0.5) is 17.3 Å². The van der Waals surface area contributed by atoms with Gasteiger partial charge in [-0.25, -0.2) is 9.97 Å². The van der Waals surface area contributed by atoms with Crippen molar-refractivity contribution >= 4 is 17.3 Å². The van der Waals surface area contributed by atoms with Crippen LogP contribution >= 0.6 is 0 Å². The maximum Gasteiger partial charge on any atom is 0.157 e. The van der Waals surface area contributed by atoms with Gasteiger partial charge in [0, 0.05) is 25.7 Å².